The topological polar surface area (TPSA) is 55.4 Å². The summed E-state index contributed by atoms with van der Waals surface area (Å²) in [4.78, 5) is 26.1. The number of ether oxygens (including phenoxy) is 1. The standard InChI is InChI=1S/C26H21NO3S/c1-2-30-26(29)23-21(16-7-4-3-5-8-16)15-31-25(23)27-24(28)20-14-13-18-12-11-17-9-6-10-19(20)22(17)18/h3-10,13-15H,2,11-12H2,1H3,(H,27,28). The molecule has 5 rings (SSSR count). The molecule has 0 bridgehead atoms. The Morgan fingerprint density at radius 3 is 2.52 bits per heavy atom. The summed E-state index contributed by atoms with van der Waals surface area (Å²) in [5.41, 5.74) is 5.27. The monoisotopic (exact) mass is 427 g/mol. The molecular formula is C26H21NO3S. The summed E-state index contributed by atoms with van der Waals surface area (Å²) in [7, 11) is 0. The third-order valence-electron chi connectivity index (χ3n) is 5.70. The van der Waals surface area contributed by atoms with Gasteiger partial charge in [0.25, 0.3) is 5.91 Å². The van der Waals surface area contributed by atoms with E-state index in [9.17, 15) is 9.59 Å². The van der Waals surface area contributed by atoms with E-state index in [-0.39, 0.29) is 12.5 Å². The lowest BCUT2D eigenvalue weighted by Gasteiger charge is -2.11. The van der Waals surface area contributed by atoms with Crippen molar-refractivity contribution in [2.45, 2.75) is 19.8 Å². The summed E-state index contributed by atoms with van der Waals surface area (Å²) in [6.07, 6.45) is 2.02. The molecule has 1 aliphatic rings. The number of thiophene rings is 1. The number of carbonyl (C=O) groups is 2. The van der Waals surface area contributed by atoms with Gasteiger partial charge in [-0.05, 0) is 53.3 Å². The molecule has 31 heavy (non-hydrogen) atoms. The van der Waals surface area contributed by atoms with Gasteiger partial charge in [0.1, 0.15) is 10.6 Å². The Labute approximate surface area is 184 Å². The normalized spacial score (nSPS) is 12.2. The van der Waals surface area contributed by atoms with Crippen LogP contribution in [0.1, 0.15) is 38.8 Å². The number of amides is 1. The molecule has 1 aliphatic carbocycles. The van der Waals surface area contributed by atoms with Crippen LogP contribution in [0.5, 0.6) is 0 Å². The molecule has 154 valence electrons. The van der Waals surface area contributed by atoms with Gasteiger partial charge < -0.3 is 10.1 Å². The molecule has 4 aromatic rings. The quantitative estimate of drug-likeness (QED) is 0.392. The van der Waals surface area contributed by atoms with Crippen molar-refractivity contribution >= 4 is 39.0 Å². The molecule has 5 heteroatoms. The van der Waals surface area contributed by atoms with Crippen molar-refractivity contribution in [1.29, 1.82) is 0 Å². The highest BCUT2D eigenvalue weighted by Gasteiger charge is 2.24. The van der Waals surface area contributed by atoms with Gasteiger partial charge in [0.15, 0.2) is 0 Å². The van der Waals surface area contributed by atoms with Crippen LogP contribution in [0.3, 0.4) is 0 Å². The summed E-state index contributed by atoms with van der Waals surface area (Å²) in [6, 6.07) is 19.7. The van der Waals surface area contributed by atoms with Crippen molar-refractivity contribution in [3.05, 3.63) is 88.3 Å². The molecule has 0 saturated heterocycles. The maximum absolute atomic E-state index is 13.3. The number of esters is 1. The first kappa shape index (κ1) is 19.5. The first-order chi connectivity index (χ1) is 15.2. The maximum Gasteiger partial charge on any atom is 0.341 e. The molecule has 0 radical (unpaired) electrons. The lowest BCUT2D eigenvalue weighted by molar-refractivity contribution is 0.0529. The Kier molecular flexibility index (Phi) is 5.04. The second-order valence-corrected chi connectivity index (χ2v) is 8.39. The minimum absolute atomic E-state index is 0.220. The van der Waals surface area contributed by atoms with Crippen LogP contribution in [-0.4, -0.2) is 18.5 Å². The van der Waals surface area contributed by atoms with E-state index in [1.165, 1.54) is 27.8 Å². The first-order valence-electron chi connectivity index (χ1n) is 10.4. The van der Waals surface area contributed by atoms with Crippen molar-refractivity contribution < 1.29 is 14.3 Å². The number of hydrogen-bond donors (Lipinski definition) is 1. The van der Waals surface area contributed by atoms with Crippen LogP contribution in [0.15, 0.2) is 66.0 Å². The van der Waals surface area contributed by atoms with Crippen LogP contribution in [0, 0.1) is 0 Å². The van der Waals surface area contributed by atoms with E-state index >= 15 is 0 Å². The zero-order valence-corrected chi connectivity index (χ0v) is 17.9. The molecule has 1 heterocycles. The summed E-state index contributed by atoms with van der Waals surface area (Å²) in [5, 5.41) is 7.54. The zero-order chi connectivity index (χ0) is 21.4. The molecule has 4 nitrogen and oxygen atoms in total. The zero-order valence-electron chi connectivity index (χ0n) is 17.1. The van der Waals surface area contributed by atoms with Crippen LogP contribution in [0.25, 0.3) is 21.9 Å². The van der Waals surface area contributed by atoms with Gasteiger partial charge in [-0.25, -0.2) is 4.79 Å². The van der Waals surface area contributed by atoms with Gasteiger partial charge >= 0.3 is 5.97 Å². The van der Waals surface area contributed by atoms with E-state index in [0.717, 1.165) is 29.4 Å². The van der Waals surface area contributed by atoms with Gasteiger partial charge in [0.05, 0.1) is 6.61 Å². The van der Waals surface area contributed by atoms with Crippen molar-refractivity contribution in [3.8, 4) is 11.1 Å². The van der Waals surface area contributed by atoms with Crippen LogP contribution in [0.2, 0.25) is 0 Å². The Balaban J connectivity index is 1.55. The highest BCUT2D eigenvalue weighted by Crippen LogP contribution is 2.37. The Morgan fingerprint density at radius 1 is 0.968 bits per heavy atom. The van der Waals surface area contributed by atoms with E-state index in [2.05, 4.69) is 11.4 Å². The average molecular weight is 428 g/mol. The number of carbonyl (C=O) groups excluding carboxylic acids is 2. The lowest BCUT2D eigenvalue weighted by atomic mass is 9.99. The molecule has 0 aliphatic heterocycles. The summed E-state index contributed by atoms with van der Waals surface area (Å²) in [5.74, 6) is -0.652. The summed E-state index contributed by atoms with van der Waals surface area (Å²) < 4.78 is 5.30. The van der Waals surface area contributed by atoms with Crippen molar-refractivity contribution in [3.63, 3.8) is 0 Å². The third kappa shape index (κ3) is 3.41. The summed E-state index contributed by atoms with van der Waals surface area (Å²) in [6.45, 7) is 2.04. The predicted molar refractivity (Wildman–Crippen MR) is 125 cm³/mol. The van der Waals surface area contributed by atoms with Crippen molar-refractivity contribution in [2.75, 3.05) is 11.9 Å². The third-order valence-corrected chi connectivity index (χ3v) is 6.60. The number of nitrogens with one attached hydrogen (secondary N) is 1. The molecule has 3 aromatic carbocycles. The van der Waals surface area contributed by atoms with Gasteiger partial charge in [-0.15, -0.1) is 11.3 Å². The van der Waals surface area contributed by atoms with Crippen LogP contribution < -0.4 is 5.32 Å². The molecule has 0 fully saturated rings. The number of hydrogen-bond acceptors (Lipinski definition) is 4. The Morgan fingerprint density at radius 2 is 1.74 bits per heavy atom. The van der Waals surface area contributed by atoms with Gasteiger partial charge in [0.2, 0.25) is 0 Å². The van der Waals surface area contributed by atoms with Gasteiger partial charge in [-0.1, -0.05) is 54.6 Å². The second kappa shape index (κ2) is 8.00. The van der Waals surface area contributed by atoms with E-state index < -0.39 is 5.97 Å². The minimum Gasteiger partial charge on any atom is -0.462 e. The first-order valence-corrected chi connectivity index (χ1v) is 11.2. The summed E-state index contributed by atoms with van der Waals surface area (Å²) >= 11 is 1.34. The highest BCUT2D eigenvalue weighted by atomic mass is 32.1. The largest absolute Gasteiger partial charge is 0.462 e. The smallest absolute Gasteiger partial charge is 0.341 e. The van der Waals surface area contributed by atoms with Gasteiger partial charge in [-0.3, -0.25) is 4.79 Å². The maximum atomic E-state index is 13.3. The van der Waals surface area contributed by atoms with E-state index in [1.807, 2.05) is 60.0 Å². The molecule has 0 atom stereocenters. The molecular weight excluding hydrogens is 406 g/mol. The fourth-order valence-corrected chi connectivity index (χ4v) is 5.25. The van der Waals surface area contributed by atoms with Crippen molar-refractivity contribution in [2.24, 2.45) is 0 Å². The Hall–Kier alpha value is -3.44. The average Bonchev–Trinajstić information content (AvgIpc) is 3.40. The predicted octanol–water partition coefficient (Wildman–Crippen LogP) is 6.10. The molecule has 0 saturated carbocycles. The fraction of sp³-hybridized carbons (Fsp3) is 0.154. The second-order valence-electron chi connectivity index (χ2n) is 7.51. The molecule has 0 unspecified atom stereocenters. The fourth-order valence-electron chi connectivity index (χ4n) is 4.30. The van der Waals surface area contributed by atoms with E-state index in [1.54, 1.807) is 6.92 Å². The SMILES string of the molecule is CCOC(=O)c1c(-c2ccccc2)csc1NC(=O)c1ccc2c3c(cccc13)CC2. The van der Waals surface area contributed by atoms with Crippen LogP contribution in [-0.2, 0) is 17.6 Å². The number of aryl methyl sites for hydroxylation is 2. The molecule has 1 amide bonds. The molecule has 1 aromatic heterocycles. The Bertz CT molecular complexity index is 1300. The van der Waals surface area contributed by atoms with E-state index in [4.69, 9.17) is 4.74 Å². The number of rotatable bonds is 5. The number of anilines is 1. The van der Waals surface area contributed by atoms with Crippen LogP contribution in [0.4, 0.5) is 5.00 Å². The molecule has 1 N–H and O–H groups in total. The van der Waals surface area contributed by atoms with Crippen LogP contribution >= 0.6 is 11.3 Å². The molecule has 0 spiro atoms. The minimum atomic E-state index is -0.432. The van der Waals surface area contributed by atoms with E-state index in [0.29, 0.717) is 16.1 Å². The van der Waals surface area contributed by atoms with Gasteiger partial charge in [0, 0.05) is 16.5 Å². The van der Waals surface area contributed by atoms with Crippen molar-refractivity contribution in [1.82, 2.24) is 0 Å². The lowest BCUT2D eigenvalue weighted by Crippen LogP contribution is -2.15. The van der Waals surface area contributed by atoms with Gasteiger partial charge in [-0.2, -0.15) is 0 Å². The highest BCUT2D eigenvalue weighted by molar-refractivity contribution is 7.15. The number of benzene rings is 3.